The zero-order valence-electron chi connectivity index (χ0n) is 8.28. The van der Waals surface area contributed by atoms with Crippen molar-refractivity contribution < 1.29 is 0 Å². The van der Waals surface area contributed by atoms with Crippen LogP contribution >= 0.6 is 0 Å². The first-order valence-corrected chi connectivity index (χ1v) is 4.59. The van der Waals surface area contributed by atoms with Gasteiger partial charge in [0.2, 0.25) is 0 Å². The standard InChI is InChI=1S/C11H14N2/c1-8(2)10-7-13(3)11-6-12-5-4-9(10)11/h4-8H,1-3H3. The van der Waals surface area contributed by atoms with Crippen LogP contribution < -0.4 is 0 Å². The molecule has 2 nitrogen and oxygen atoms in total. The van der Waals surface area contributed by atoms with Crippen molar-refractivity contribution in [3.63, 3.8) is 0 Å². The normalized spacial score (nSPS) is 11.4. The molecule has 0 N–H and O–H groups in total. The van der Waals surface area contributed by atoms with E-state index in [1.165, 1.54) is 16.5 Å². The molecule has 0 fully saturated rings. The zero-order valence-corrected chi connectivity index (χ0v) is 8.28. The summed E-state index contributed by atoms with van der Waals surface area (Å²) >= 11 is 0. The Kier molecular flexibility index (Phi) is 1.83. The Labute approximate surface area is 78.2 Å². The summed E-state index contributed by atoms with van der Waals surface area (Å²) in [5.74, 6) is 0.575. The molecule has 0 unspecified atom stereocenters. The van der Waals surface area contributed by atoms with Crippen molar-refractivity contribution in [1.29, 1.82) is 0 Å². The fourth-order valence-corrected chi connectivity index (χ4v) is 1.72. The third kappa shape index (κ3) is 1.22. The van der Waals surface area contributed by atoms with Crippen LogP contribution in [0.1, 0.15) is 25.3 Å². The van der Waals surface area contributed by atoms with Gasteiger partial charge in [0, 0.05) is 24.8 Å². The van der Waals surface area contributed by atoms with Gasteiger partial charge in [0.15, 0.2) is 0 Å². The molecule has 0 aliphatic heterocycles. The Morgan fingerprint density at radius 2 is 2.15 bits per heavy atom. The molecule has 0 saturated carbocycles. The highest BCUT2D eigenvalue weighted by Crippen LogP contribution is 2.25. The van der Waals surface area contributed by atoms with Crippen molar-refractivity contribution in [2.24, 2.45) is 7.05 Å². The van der Waals surface area contributed by atoms with Crippen molar-refractivity contribution in [2.45, 2.75) is 19.8 Å². The predicted octanol–water partition coefficient (Wildman–Crippen LogP) is 2.70. The molecule has 0 aliphatic carbocycles. The van der Waals surface area contributed by atoms with Crippen molar-refractivity contribution in [3.8, 4) is 0 Å². The first-order chi connectivity index (χ1) is 6.20. The number of hydrogen-bond acceptors (Lipinski definition) is 1. The van der Waals surface area contributed by atoms with Crippen molar-refractivity contribution in [2.75, 3.05) is 0 Å². The lowest BCUT2D eigenvalue weighted by Gasteiger charge is -2.00. The second kappa shape index (κ2) is 2.87. The minimum Gasteiger partial charge on any atom is -0.349 e. The van der Waals surface area contributed by atoms with Gasteiger partial charge in [-0.2, -0.15) is 0 Å². The maximum absolute atomic E-state index is 4.13. The summed E-state index contributed by atoms with van der Waals surface area (Å²) in [6.45, 7) is 4.43. The maximum atomic E-state index is 4.13. The lowest BCUT2D eigenvalue weighted by atomic mass is 10.0. The molecule has 2 aromatic heterocycles. The lowest BCUT2D eigenvalue weighted by Crippen LogP contribution is -1.84. The lowest BCUT2D eigenvalue weighted by molar-refractivity contribution is 0.857. The number of aromatic nitrogens is 2. The molecule has 2 aromatic rings. The van der Waals surface area contributed by atoms with E-state index in [2.05, 4.69) is 42.7 Å². The third-order valence-corrected chi connectivity index (χ3v) is 2.45. The minimum absolute atomic E-state index is 0.575. The molecule has 13 heavy (non-hydrogen) atoms. The number of fused-ring (bicyclic) bond motifs is 1. The van der Waals surface area contributed by atoms with Gasteiger partial charge in [0.25, 0.3) is 0 Å². The Hall–Kier alpha value is -1.31. The Balaban J connectivity index is 2.78. The van der Waals surface area contributed by atoms with Crippen molar-refractivity contribution in [1.82, 2.24) is 9.55 Å². The highest BCUT2D eigenvalue weighted by atomic mass is 14.9. The summed E-state index contributed by atoms with van der Waals surface area (Å²) in [7, 11) is 2.07. The van der Waals surface area contributed by atoms with Crippen LogP contribution in [0.15, 0.2) is 24.7 Å². The number of pyridine rings is 1. The second-order valence-corrected chi connectivity index (χ2v) is 3.74. The van der Waals surface area contributed by atoms with Gasteiger partial charge in [-0.1, -0.05) is 13.8 Å². The smallest absolute Gasteiger partial charge is 0.0667 e. The van der Waals surface area contributed by atoms with Crippen LogP contribution in [-0.2, 0) is 7.05 Å². The molecule has 2 heteroatoms. The second-order valence-electron chi connectivity index (χ2n) is 3.74. The Morgan fingerprint density at radius 3 is 2.85 bits per heavy atom. The number of rotatable bonds is 1. The van der Waals surface area contributed by atoms with Crippen LogP contribution in [0.4, 0.5) is 0 Å². The van der Waals surface area contributed by atoms with Crippen LogP contribution in [0.25, 0.3) is 10.9 Å². The number of aryl methyl sites for hydroxylation is 1. The summed E-state index contributed by atoms with van der Waals surface area (Å²) in [6.07, 6.45) is 5.96. The molecule has 0 saturated heterocycles. The number of hydrogen-bond donors (Lipinski definition) is 0. The molecule has 0 aromatic carbocycles. The molecule has 0 spiro atoms. The van der Waals surface area contributed by atoms with Gasteiger partial charge in [0.1, 0.15) is 0 Å². The van der Waals surface area contributed by atoms with Crippen LogP contribution in [0.3, 0.4) is 0 Å². The Morgan fingerprint density at radius 1 is 1.38 bits per heavy atom. The van der Waals surface area contributed by atoms with Gasteiger partial charge in [-0.15, -0.1) is 0 Å². The van der Waals surface area contributed by atoms with E-state index in [1.54, 1.807) is 0 Å². The van der Waals surface area contributed by atoms with Crippen LogP contribution in [0, 0.1) is 0 Å². The molecule has 0 bridgehead atoms. The topological polar surface area (TPSA) is 17.8 Å². The van der Waals surface area contributed by atoms with E-state index in [0.29, 0.717) is 5.92 Å². The summed E-state index contributed by atoms with van der Waals surface area (Å²) in [5.41, 5.74) is 2.62. The van der Waals surface area contributed by atoms with E-state index < -0.39 is 0 Å². The summed E-state index contributed by atoms with van der Waals surface area (Å²) in [6, 6.07) is 2.09. The largest absolute Gasteiger partial charge is 0.349 e. The quantitative estimate of drug-likeness (QED) is 0.650. The SMILES string of the molecule is CC(C)c1cn(C)c2cnccc12. The van der Waals surface area contributed by atoms with E-state index >= 15 is 0 Å². The van der Waals surface area contributed by atoms with E-state index in [0.717, 1.165) is 0 Å². The average Bonchev–Trinajstić information content (AvgIpc) is 2.45. The summed E-state index contributed by atoms with van der Waals surface area (Å²) in [4.78, 5) is 4.13. The van der Waals surface area contributed by atoms with Crippen LogP contribution in [0.2, 0.25) is 0 Å². The van der Waals surface area contributed by atoms with Gasteiger partial charge in [-0.05, 0) is 17.5 Å². The zero-order chi connectivity index (χ0) is 9.42. The molecular formula is C11H14N2. The van der Waals surface area contributed by atoms with Crippen molar-refractivity contribution in [3.05, 3.63) is 30.2 Å². The van der Waals surface area contributed by atoms with Crippen LogP contribution in [-0.4, -0.2) is 9.55 Å². The first-order valence-electron chi connectivity index (χ1n) is 4.59. The fourth-order valence-electron chi connectivity index (χ4n) is 1.72. The summed E-state index contributed by atoms with van der Waals surface area (Å²) in [5, 5.41) is 1.33. The summed E-state index contributed by atoms with van der Waals surface area (Å²) < 4.78 is 2.14. The Bertz CT molecular complexity index is 427. The van der Waals surface area contributed by atoms with E-state index in [9.17, 15) is 0 Å². The number of nitrogens with zero attached hydrogens (tertiary/aromatic N) is 2. The fraction of sp³-hybridized carbons (Fsp3) is 0.364. The molecule has 0 atom stereocenters. The third-order valence-electron chi connectivity index (χ3n) is 2.45. The average molecular weight is 174 g/mol. The molecule has 2 heterocycles. The van der Waals surface area contributed by atoms with Gasteiger partial charge in [0.05, 0.1) is 11.7 Å². The van der Waals surface area contributed by atoms with E-state index in [1.807, 2.05) is 12.4 Å². The van der Waals surface area contributed by atoms with E-state index in [4.69, 9.17) is 0 Å². The molecular weight excluding hydrogens is 160 g/mol. The molecule has 0 amide bonds. The van der Waals surface area contributed by atoms with Gasteiger partial charge in [-0.25, -0.2) is 0 Å². The monoisotopic (exact) mass is 174 g/mol. The molecule has 68 valence electrons. The highest BCUT2D eigenvalue weighted by molar-refractivity contribution is 5.83. The molecule has 0 radical (unpaired) electrons. The van der Waals surface area contributed by atoms with Crippen molar-refractivity contribution >= 4 is 10.9 Å². The van der Waals surface area contributed by atoms with Crippen LogP contribution in [0.5, 0.6) is 0 Å². The van der Waals surface area contributed by atoms with E-state index in [-0.39, 0.29) is 0 Å². The van der Waals surface area contributed by atoms with Gasteiger partial charge in [-0.3, -0.25) is 4.98 Å². The molecule has 0 aliphatic rings. The first kappa shape index (κ1) is 8.30. The highest BCUT2D eigenvalue weighted by Gasteiger charge is 2.08. The van der Waals surface area contributed by atoms with Gasteiger partial charge >= 0.3 is 0 Å². The van der Waals surface area contributed by atoms with Gasteiger partial charge < -0.3 is 4.57 Å². The molecule has 2 rings (SSSR count). The minimum atomic E-state index is 0.575. The predicted molar refractivity (Wildman–Crippen MR) is 54.8 cm³/mol. The maximum Gasteiger partial charge on any atom is 0.0667 e.